The second kappa shape index (κ2) is 3.79. The van der Waals surface area contributed by atoms with Gasteiger partial charge in [0.25, 0.3) is 0 Å². The van der Waals surface area contributed by atoms with Gasteiger partial charge in [-0.05, 0) is 19.3 Å². The van der Waals surface area contributed by atoms with Gasteiger partial charge in [0.1, 0.15) is 6.33 Å². The number of imidazole rings is 1. The van der Waals surface area contributed by atoms with Crippen molar-refractivity contribution in [1.29, 1.82) is 0 Å². The van der Waals surface area contributed by atoms with Crippen LogP contribution in [0.15, 0.2) is 12.5 Å². The first-order valence-corrected chi connectivity index (χ1v) is 4.88. The van der Waals surface area contributed by atoms with Crippen LogP contribution in [0.3, 0.4) is 0 Å². The lowest BCUT2D eigenvalue weighted by molar-refractivity contribution is 0.469. The highest BCUT2D eigenvalue weighted by molar-refractivity contribution is 5.03. The molecule has 2 rings (SSSR count). The molecule has 0 radical (unpaired) electrons. The molecule has 0 unspecified atom stereocenters. The van der Waals surface area contributed by atoms with Crippen LogP contribution >= 0.6 is 0 Å². The molecule has 1 aromatic heterocycles. The van der Waals surface area contributed by atoms with Crippen molar-refractivity contribution in [2.75, 3.05) is 18.1 Å². The molecule has 0 aromatic carbocycles. The minimum atomic E-state index is 0.566. The Morgan fingerprint density at radius 3 is 2.77 bits per heavy atom. The fourth-order valence-electron chi connectivity index (χ4n) is 1.81. The van der Waals surface area contributed by atoms with E-state index < -0.39 is 0 Å². The Morgan fingerprint density at radius 1 is 1.31 bits per heavy atom. The van der Waals surface area contributed by atoms with Gasteiger partial charge in [0.15, 0.2) is 0 Å². The normalized spacial score (nSPS) is 17.8. The summed E-state index contributed by atoms with van der Waals surface area (Å²) in [6.07, 6.45) is 7.61. The third-order valence-electron chi connectivity index (χ3n) is 2.54. The topological polar surface area (TPSA) is 47.1 Å². The molecule has 4 heteroatoms. The summed E-state index contributed by atoms with van der Waals surface area (Å²) in [4.78, 5) is 4.11. The summed E-state index contributed by atoms with van der Waals surface area (Å²) in [6, 6.07) is 0. The molecule has 2 heterocycles. The van der Waals surface area contributed by atoms with Crippen LogP contribution in [-0.4, -0.2) is 22.7 Å². The molecular weight excluding hydrogens is 164 g/mol. The average Bonchev–Trinajstić information content (AvgIpc) is 2.67. The van der Waals surface area contributed by atoms with Gasteiger partial charge in [-0.2, -0.15) is 0 Å². The number of hydrogen-bond donors (Lipinski definition) is 1. The summed E-state index contributed by atoms with van der Waals surface area (Å²) in [6.45, 7) is 2.82. The third kappa shape index (κ3) is 1.67. The Kier molecular flexibility index (Phi) is 2.49. The van der Waals surface area contributed by atoms with Crippen LogP contribution in [0.4, 0.5) is 0 Å². The van der Waals surface area contributed by atoms with E-state index in [2.05, 4.69) is 14.7 Å². The first-order valence-electron chi connectivity index (χ1n) is 4.88. The van der Waals surface area contributed by atoms with Crippen molar-refractivity contribution in [1.82, 2.24) is 9.66 Å². The maximum Gasteiger partial charge on any atom is 0.114 e. The first-order chi connectivity index (χ1) is 6.42. The average molecular weight is 180 g/mol. The van der Waals surface area contributed by atoms with E-state index in [1.165, 1.54) is 19.3 Å². The SMILES string of the molecule is NCc1cncn1N1CCCCC1. The lowest BCUT2D eigenvalue weighted by Crippen LogP contribution is -2.39. The summed E-state index contributed by atoms with van der Waals surface area (Å²) >= 11 is 0. The van der Waals surface area contributed by atoms with Crippen LogP contribution < -0.4 is 10.7 Å². The van der Waals surface area contributed by atoms with Gasteiger partial charge in [-0.1, -0.05) is 0 Å². The van der Waals surface area contributed by atoms with E-state index in [-0.39, 0.29) is 0 Å². The predicted octanol–water partition coefficient (Wildman–Crippen LogP) is 0.464. The van der Waals surface area contributed by atoms with Crippen molar-refractivity contribution in [3.63, 3.8) is 0 Å². The van der Waals surface area contributed by atoms with E-state index in [1.54, 1.807) is 0 Å². The summed E-state index contributed by atoms with van der Waals surface area (Å²) in [5.74, 6) is 0. The van der Waals surface area contributed by atoms with Gasteiger partial charge in [0.05, 0.1) is 11.9 Å². The quantitative estimate of drug-likeness (QED) is 0.719. The molecule has 0 saturated carbocycles. The highest BCUT2D eigenvalue weighted by Crippen LogP contribution is 2.09. The Hall–Kier alpha value is -1.03. The molecule has 1 aromatic rings. The van der Waals surface area contributed by atoms with E-state index >= 15 is 0 Å². The molecule has 0 atom stereocenters. The molecule has 0 aliphatic carbocycles. The molecule has 0 spiro atoms. The maximum absolute atomic E-state index is 5.61. The van der Waals surface area contributed by atoms with E-state index in [0.717, 1.165) is 18.8 Å². The van der Waals surface area contributed by atoms with E-state index in [1.807, 2.05) is 12.5 Å². The van der Waals surface area contributed by atoms with Gasteiger partial charge in [-0.25, -0.2) is 9.66 Å². The number of piperidine rings is 1. The Labute approximate surface area is 78.3 Å². The molecule has 1 saturated heterocycles. The zero-order valence-corrected chi connectivity index (χ0v) is 7.82. The summed E-state index contributed by atoms with van der Waals surface area (Å²) in [5.41, 5.74) is 6.71. The van der Waals surface area contributed by atoms with Gasteiger partial charge >= 0.3 is 0 Å². The fourth-order valence-corrected chi connectivity index (χ4v) is 1.81. The number of nitrogens with two attached hydrogens (primary N) is 1. The van der Waals surface area contributed by atoms with Gasteiger partial charge in [0.2, 0.25) is 0 Å². The highest BCUT2D eigenvalue weighted by Gasteiger charge is 2.12. The minimum Gasteiger partial charge on any atom is -0.325 e. The first kappa shape index (κ1) is 8.56. The number of hydrogen-bond acceptors (Lipinski definition) is 3. The lowest BCUT2D eigenvalue weighted by atomic mass is 10.2. The molecule has 0 amide bonds. The largest absolute Gasteiger partial charge is 0.325 e. The van der Waals surface area contributed by atoms with Crippen LogP contribution in [0.25, 0.3) is 0 Å². The summed E-state index contributed by atoms with van der Waals surface area (Å²) < 4.78 is 2.10. The Balaban J connectivity index is 2.13. The van der Waals surface area contributed by atoms with E-state index in [0.29, 0.717) is 6.54 Å². The van der Waals surface area contributed by atoms with Gasteiger partial charge in [0, 0.05) is 19.6 Å². The Morgan fingerprint density at radius 2 is 2.08 bits per heavy atom. The fraction of sp³-hybridized carbons (Fsp3) is 0.667. The standard InChI is InChI=1S/C9H16N4/c10-6-9-7-11-8-13(9)12-4-2-1-3-5-12/h7-8H,1-6,10H2. The predicted molar refractivity (Wildman–Crippen MR) is 51.9 cm³/mol. The second-order valence-electron chi connectivity index (χ2n) is 3.45. The van der Waals surface area contributed by atoms with Crippen molar-refractivity contribution in [2.45, 2.75) is 25.8 Å². The second-order valence-corrected chi connectivity index (χ2v) is 3.45. The molecule has 1 aliphatic rings. The van der Waals surface area contributed by atoms with Gasteiger partial charge in [-0.3, -0.25) is 0 Å². The van der Waals surface area contributed by atoms with E-state index in [4.69, 9.17) is 5.73 Å². The smallest absolute Gasteiger partial charge is 0.114 e. The Bertz CT molecular complexity index is 262. The van der Waals surface area contributed by atoms with Crippen molar-refractivity contribution in [3.05, 3.63) is 18.2 Å². The lowest BCUT2D eigenvalue weighted by Gasteiger charge is -2.30. The molecule has 1 fully saturated rings. The van der Waals surface area contributed by atoms with Gasteiger partial charge in [-0.15, -0.1) is 0 Å². The molecule has 4 nitrogen and oxygen atoms in total. The van der Waals surface area contributed by atoms with Crippen LogP contribution in [0.2, 0.25) is 0 Å². The monoisotopic (exact) mass is 180 g/mol. The van der Waals surface area contributed by atoms with Crippen molar-refractivity contribution in [2.24, 2.45) is 5.73 Å². The molecule has 2 N–H and O–H groups in total. The summed E-state index contributed by atoms with van der Waals surface area (Å²) in [5, 5.41) is 2.32. The van der Waals surface area contributed by atoms with Crippen LogP contribution in [0.5, 0.6) is 0 Å². The molecular formula is C9H16N4. The minimum absolute atomic E-state index is 0.566. The number of nitrogens with zero attached hydrogens (tertiary/aromatic N) is 3. The number of rotatable bonds is 2. The van der Waals surface area contributed by atoms with Crippen molar-refractivity contribution in [3.8, 4) is 0 Å². The van der Waals surface area contributed by atoms with Crippen molar-refractivity contribution < 1.29 is 0 Å². The highest BCUT2D eigenvalue weighted by atomic mass is 15.6. The van der Waals surface area contributed by atoms with Crippen molar-refractivity contribution >= 4 is 0 Å². The number of aromatic nitrogens is 2. The van der Waals surface area contributed by atoms with Crippen LogP contribution in [0, 0.1) is 0 Å². The van der Waals surface area contributed by atoms with Gasteiger partial charge < -0.3 is 10.7 Å². The van der Waals surface area contributed by atoms with Crippen LogP contribution in [0.1, 0.15) is 25.0 Å². The maximum atomic E-state index is 5.61. The van der Waals surface area contributed by atoms with Crippen LogP contribution in [-0.2, 0) is 6.54 Å². The molecule has 13 heavy (non-hydrogen) atoms. The molecule has 1 aliphatic heterocycles. The zero-order chi connectivity index (χ0) is 9.10. The van der Waals surface area contributed by atoms with E-state index in [9.17, 15) is 0 Å². The molecule has 72 valence electrons. The zero-order valence-electron chi connectivity index (χ0n) is 7.82. The third-order valence-corrected chi connectivity index (χ3v) is 2.54. The molecule has 0 bridgehead atoms. The summed E-state index contributed by atoms with van der Waals surface area (Å²) in [7, 11) is 0.